The van der Waals surface area contributed by atoms with Crippen LogP contribution in [0.5, 0.6) is 0 Å². The molecule has 0 aliphatic rings. The monoisotopic (exact) mass is 560 g/mol. The minimum absolute atomic E-state index is 0.0160. The molecule has 7 unspecified atom stereocenters. The minimum Gasteiger partial charge on any atom is -0.394 e. The summed E-state index contributed by atoms with van der Waals surface area (Å²) in [6.45, 7) is 5.71. The van der Waals surface area contributed by atoms with E-state index in [9.17, 15) is 20.4 Å². The summed E-state index contributed by atoms with van der Waals surface area (Å²) in [5.74, 6) is 0.232. The van der Waals surface area contributed by atoms with Crippen LogP contribution in [0.4, 0.5) is 0 Å². The Hall–Kier alpha value is -0.520. The summed E-state index contributed by atoms with van der Waals surface area (Å²) >= 11 is 0. The van der Waals surface area contributed by atoms with Gasteiger partial charge in [-0.1, -0.05) is 20.8 Å². The van der Waals surface area contributed by atoms with Crippen molar-refractivity contribution in [2.45, 2.75) is 63.8 Å². The van der Waals surface area contributed by atoms with Crippen LogP contribution in [0.25, 0.3) is 0 Å². The van der Waals surface area contributed by atoms with E-state index in [1.165, 1.54) is 0 Å². The van der Waals surface area contributed by atoms with Crippen LogP contribution in [0.1, 0.15) is 27.2 Å². The zero-order valence-corrected chi connectivity index (χ0v) is 23.1. The number of hydrogen-bond acceptors (Lipinski definition) is 13. The fourth-order valence-electron chi connectivity index (χ4n) is 2.86. The highest BCUT2D eigenvalue weighted by Gasteiger charge is 2.20. The molecule has 0 bridgehead atoms. The molecule has 230 valence electrons. The van der Waals surface area contributed by atoms with E-state index in [-0.39, 0.29) is 64.7 Å². The summed E-state index contributed by atoms with van der Waals surface area (Å²) in [5, 5.41) is 65.2. The van der Waals surface area contributed by atoms with E-state index in [4.69, 9.17) is 43.7 Å². The molecule has 13 heteroatoms. The van der Waals surface area contributed by atoms with Crippen LogP contribution >= 0.6 is 0 Å². The molecule has 7 atom stereocenters. The second kappa shape index (κ2) is 24.3. The molecule has 0 aliphatic carbocycles. The average Bonchev–Trinajstić information content (AvgIpc) is 2.91. The van der Waals surface area contributed by atoms with Crippen molar-refractivity contribution in [2.75, 3.05) is 85.9 Å². The number of rotatable bonds is 27. The van der Waals surface area contributed by atoms with E-state index in [2.05, 4.69) is 0 Å². The van der Waals surface area contributed by atoms with Gasteiger partial charge in [-0.15, -0.1) is 0 Å². The standard InChI is InChI=1S/C25H52O13/c1-4-20(29)10-35-16-24(37-12-22(31)6-27)14-33-8-19(18(2)3)9-34-15-25(38-13-23(32)7-28)17-36-11-21(30)5-26/h18-32H,4-17H2,1-3H3. The zero-order valence-electron chi connectivity index (χ0n) is 23.1. The molecule has 13 nitrogen and oxygen atoms in total. The average molecular weight is 561 g/mol. The van der Waals surface area contributed by atoms with Gasteiger partial charge in [0.15, 0.2) is 0 Å². The quantitative estimate of drug-likeness (QED) is 0.0579. The maximum atomic E-state index is 9.67. The summed E-state index contributed by atoms with van der Waals surface area (Å²) in [5.41, 5.74) is 0. The second-order valence-electron chi connectivity index (χ2n) is 9.64. The summed E-state index contributed by atoms with van der Waals surface area (Å²) in [4.78, 5) is 0. The zero-order chi connectivity index (χ0) is 28.8. The first-order valence-electron chi connectivity index (χ1n) is 13.3. The normalized spacial score (nSPS) is 17.8. The molecule has 0 rings (SSSR count). The van der Waals surface area contributed by atoms with Gasteiger partial charge in [0.05, 0.1) is 92.0 Å². The Morgan fingerprint density at radius 2 is 0.816 bits per heavy atom. The molecule has 0 aliphatic heterocycles. The third-order valence-electron chi connectivity index (χ3n) is 5.59. The molecule has 38 heavy (non-hydrogen) atoms. The van der Waals surface area contributed by atoms with Crippen LogP contribution in [0.3, 0.4) is 0 Å². The van der Waals surface area contributed by atoms with Gasteiger partial charge in [-0.05, 0) is 12.3 Å². The molecule has 0 aromatic rings. The second-order valence-corrected chi connectivity index (χ2v) is 9.64. The molecule has 0 saturated heterocycles. The van der Waals surface area contributed by atoms with Crippen molar-refractivity contribution in [1.29, 1.82) is 0 Å². The predicted octanol–water partition coefficient (Wildman–Crippen LogP) is -2.07. The van der Waals surface area contributed by atoms with Gasteiger partial charge in [-0.25, -0.2) is 0 Å². The molecule has 0 saturated carbocycles. The van der Waals surface area contributed by atoms with E-state index < -0.39 is 56.4 Å². The molecular formula is C25H52O13. The summed E-state index contributed by atoms with van der Waals surface area (Å²) in [6.07, 6.45) is -4.15. The molecule has 7 N–H and O–H groups in total. The van der Waals surface area contributed by atoms with E-state index >= 15 is 0 Å². The molecule has 0 aromatic carbocycles. The van der Waals surface area contributed by atoms with Crippen LogP contribution in [0.2, 0.25) is 0 Å². The maximum Gasteiger partial charge on any atom is 0.104 e. The molecule has 0 spiro atoms. The van der Waals surface area contributed by atoms with Gasteiger partial charge in [-0.2, -0.15) is 0 Å². The number of aliphatic hydroxyl groups excluding tert-OH is 7. The van der Waals surface area contributed by atoms with E-state index in [1.54, 1.807) is 0 Å². The van der Waals surface area contributed by atoms with Crippen LogP contribution in [0.15, 0.2) is 0 Å². The van der Waals surface area contributed by atoms with Crippen molar-refractivity contribution in [1.82, 2.24) is 0 Å². The topological polar surface area (TPSA) is 197 Å². The van der Waals surface area contributed by atoms with Gasteiger partial charge in [0.2, 0.25) is 0 Å². The van der Waals surface area contributed by atoms with Gasteiger partial charge in [0.25, 0.3) is 0 Å². The summed E-state index contributed by atoms with van der Waals surface area (Å²) in [6, 6.07) is 0. The first-order valence-corrected chi connectivity index (χ1v) is 13.3. The minimum atomic E-state index is -1.04. The molecule has 0 fully saturated rings. The maximum absolute atomic E-state index is 9.67. The van der Waals surface area contributed by atoms with E-state index in [0.29, 0.717) is 19.6 Å². The Morgan fingerprint density at radius 1 is 0.474 bits per heavy atom. The Labute approximate surface area is 226 Å². The van der Waals surface area contributed by atoms with Crippen molar-refractivity contribution in [3.05, 3.63) is 0 Å². The Kier molecular flexibility index (Phi) is 24.0. The van der Waals surface area contributed by atoms with Crippen molar-refractivity contribution >= 4 is 0 Å². The van der Waals surface area contributed by atoms with Crippen molar-refractivity contribution < 1.29 is 64.2 Å². The first-order chi connectivity index (χ1) is 18.2. The largest absolute Gasteiger partial charge is 0.394 e. The van der Waals surface area contributed by atoms with Crippen LogP contribution in [-0.2, 0) is 28.4 Å². The number of aliphatic hydroxyl groups is 7. The third kappa shape index (κ3) is 20.4. The van der Waals surface area contributed by atoms with Crippen LogP contribution < -0.4 is 0 Å². The molecule has 0 amide bonds. The van der Waals surface area contributed by atoms with Crippen LogP contribution in [-0.4, -0.2) is 158 Å². The lowest BCUT2D eigenvalue weighted by Crippen LogP contribution is -2.34. The molecule has 0 aromatic heterocycles. The fourth-order valence-corrected chi connectivity index (χ4v) is 2.86. The van der Waals surface area contributed by atoms with E-state index in [0.717, 1.165) is 0 Å². The Bertz CT molecular complexity index is 474. The summed E-state index contributed by atoms with van der Waals surface area (Å²) < 4.78 is 33.7. The first kappa shape index (κ1) is 37.5. The summed E-state index contributed by atoms with van der Waals surface area (Å²) in [7, 11) is 0. The van der Waals surface area contributed by atoms with Crippen molar-refractivity contribution in [3.8, 4) is 0 Å². The molecule has 0 radical (unpaired) electrons. The Balaban J connectivity index is 4.70. The lowest BCUT2D eigenvalue weighted by Gasteiger charge is -2.25. The van der Waals surface area contributed by atoms with Gasteiger partial charge in [-0.3, -0.25) is 0 Å². The number of ether oxygens (including phenoxy) is 6. The van der Waals surface area contributed by atoms with Gasteiger partial charge >= 0.3 is 0 Å². The van der Waals surface area contributed by atoms with Crippen molar-refractivity contribution in [2.24, 2.45) is 11.8 Å². The SMILES string of the molecule is CCC(O)COCC(COCC(COCC(COCC(O)CO)OCC(O)CO)C(C)C)OCC(O)CO. The predicted molar refractivity (Wildman–Crippen MR) is 137 cm³/mol. The molecule has 0 heterocycles. The highest BCUT2D eigenvalue weighted by molar-refractivity contribution is 4.66. The van der Waals surface area contributed by atoms with Crippen molar-refractivity contribution in [3.63, 3.8) is 0 Å². The fraction of sp³-hybridized carbons (Fsp3) is 1.00. The smallest absolute Gasteiger partial charge is 0.104 e. The number of hydrogen-bond donors (Lipinski definition) is 7. The van der Waals surface area contributed by atoms with Crippen LogP contribution in [0, 0.1) is 11.8 Å². The van der Waals surface area contributed by atoms with Gasteiger partial charge < -0.3 is 64.2 Å². The highest BCUT2D eigenvalue weighted by atomic mass is 16.6. The van der Waals surface area contributed by atoms with Gasteiger partial charge in [0, 0.05) is 5.92 Å². The van der Waals surface area contributed by atoms with E-state index in [1.807, 2.05) is 20.8 Å². The lowest BCUT2D eigenvalue weighted by molar-refractivity contribution is -0.111. The van der Waals surface area contributed by atoms with Gasteiger partial charge in [0.1, 0.15) is 30.5 Å². The highest BCUT2D eigenvalue weighted by Crippen LogP contribution is 2.13. The molecular weight excluding hydrogens is 508 g/mol. The Morgan fingerprint density at radius 3 is 1.16 bits per heavy atom. The third-order valence-corrected chi connectivity index (χ3v) is 5.59. The lowest BCUT2D eigenvalue weighted by atomic mass is 9.98.